The van der Waals surface area contributed by atoms with Crippen LogP contribution in [0.1, 0.15) is 114 Å². The molecule has 0 heterocycles. The second-order valence-corrected chi connectivity index (χ2v) is 13.0. The molecule has 236 valence electrons. The van der Waals surface area contributed by atoms with Crippen molar-refractivity contribution < 1.29 is 19.1 Å². The molecule has 0 spiro atoms. The Kier molecular flexibility index (Phi) is 13.1. The summed E-state index contributed by atoms with van der Waals surface area (Å²) < 4.78 is 5.58. The van der Waals surface area contributed by atoms with Gasteiger partial charge in [-0.25, -0.2) is 4.79 Å². The lowest BCUT2D eigenvalue weighted by Crippen LogP contribution is -2.55. The highest BCUT2D eigenvalue weighted by atomic mass is 16.6. The summed E-state index contributed by atoms with van der Waals surface area (Å²) in [4.78, 5) is 43.8. The fourth-order valence-corrected chi connectivity index (χ4v) is 5.99. The maximum Gasteiger partial charge on any atom is 0.408 e. The van der Waals surface area contributed by atoms with Gasteiger partial charge < -0.3 is 20.3 Å². The average molecular weight is 592 g/mol. The number of nitrogens with zero attached hydrogens (tertiary/aromatic N) is 1. The van der Waals surface area contributed by atoms with Gasteiger partial charge in [-0.2, -0.15) is 0 Å². The lowest BCUT2D eigenvalue weighted by atomic mass is 9.91. The molecule has 2 aromatic rings. The first-order valence-electron chi connectivity index (χ1n) is 16.2. The van der Waals surface area contributed by atoms with Crippen molar-refractivity contribution in [1.82, 2.24) is 15.5 Å². The zero-order valence-corrected chi connectivity index (χ0v) is 27.2. The Balaban J connectivity index is 2.06. The molecule has 1 aliphatic rings. The summed E-state index contributed by atoms with van der Waals surface area (Å²) in [6, 6.07) is 14.0. The van der Waals surface area contributed by atoms with Gasteiger partial charge in [0.1, 0.15) is 17.7 Å². The van der Waals surface area contributed by atoms with E-state index >= 15 is 0 Å². The molecular formula is C36H53N3O4. The molecule has 3 rings (SSSR count). The monoisotopic (exact) mass is 591 g/mol. The third kappa shape index (κ3) is 10.7. The molecule has 2 aromatic carbocycles. The van der Waals surface area contributed by atoms with Gasteiger partial charge in [-0.1, -0.05) is 94.0 Å². The maximum absolute atomic E-state index is 14.7. The Hall–Kier alpha value is -3.35. The minimum atomic E-state index is -0.905. The number of hydrogen-bond donors (Lipinski definition) is 2. The smallest absolute Gasteiger partial charge is 0.408 e. The topological polar surface area (TPSA) is 87.7 Å². The van der Waals surface area contributed by atoms with E-state index in [2.05, 4.69) is 17.6 Å². The number of carbonyl (C=O) groups is 3. The lowest BCUT2D eigenvalue weighted by Gasteiger charge is -2.37. The number of benzene rings is 2. The predicted octanol–water partition coefficient (Wildman–Crippen LogP) is 7.34. The van der Waals surface area contributed by atoms with Crippen LogP contribution in [0.5, 0.6) is 0 Å². The van der Waals surface area contributed by atoms with E-state index in [0.29, 0.717) is 6.54 Å². The van der Waals surface area contributed by atoms with Crippen LogP contribution in [0.3, 0.4) is 0 Å². The molecule has 2 unspecified atom stereocenters. The molecule has 3 amide bonds. The molecule has 1 fully saturated rings. The zero-order chi connectivity index (χ0) is 31.4. The van der Waals surface area contributed by atoms with Gasteiger partial charge in [0.25, 0.3) is 0 Å². The second-order valence-electron chi connectivity index (χ2n) is 13.0. The van der Waals surface area contributed by atoms with Crippen LogP contribution < -0.4 is 10.6 Å². The van der Waals surface area contributed by atoms with Gasteiger partial charge >= 0.3 is 6.09 Å². The number of ether oxygens (including phenoxy) is 1. The first kappa shape index (κ1) is 34.1. The van der Waals surface area contributed by atoms with Crippen molar-refractivity contribution in [2.45, 2.75) is 129 Å². The highest BCUT2D eigenvalue weighted by Crippen LogP contribution is 2.30. The lowest BCUT2D eigenvalue weighted by molar-refractivity contribution is -0.143. The summed E-state index contributed by atoms with van der Waals surface area (Å²) in [5, 5.41) is 6.20. The van der Waals surface area contributed by atoms with Gasteiger partial charge in [0, 0.05) is 19.0 Å². The number of unbranched alkanes of at least 4 members (excludes halogenated alkanes) is 3. The van der Waals surface area contributed by atoms with Gasteiger partial charge in [0.05, 0.1) is 0 Å². The Labute approximate surface area is 259 Å². The van der Waals surface area contributed by atoms with Crippen LogP contribution in [0.4, 0.5) is 4.79 Å². The summed E-state index contributed by atoms with van der Waals surface area (Å²) in [5.74, 6) is -0.429. The molecule has 0 aliphatic heterocycles. The zero-order valence-electron chi connectivity index (χ0n) is 27.2. The van der Waals surface area contributed by atoms with Crippen molar-refractivity contribution in [3.63, 3.8) is 0 Å². The van der Waals surface area contributed by atoms with Gasteiger partial charge in [0.15, 0.2) is 0 Å². The molecule has 7 nitrogen and oxygen atoms in total. The number of rotatable bonds is 13. The van der Waals surface area contributed by atoms with E-state index in [-0.39, 0.29) is 24.3 Å². The largest absolute Gasteiger partial charge is 0.444 e. The fraction of sp³-hybridized carbons (Fsp3) is 0.583. The Bertz CT molecular complexity index is 1160. The van der Waals surface area contributed by atoms with E-state index in [1.165, 1.54) is 6.42 Å². The fourth-order valence-electron chi connectivity index (χ4n) is 5.99. The number of alkyl carbamates (subject to hydrolysis) is 1. The predicted molar refractivity (Wildman–Crippen MR) is 173 cm³/mol. The Morgan fingerprint density at radius 3 is 2.16 bits per heavy atom. The normalized spacial score (nSPS) is 15.3. The molecular weight excluding hydrogens is 538 g/mol. The number of carbonyl (C=O) groups excluding carboxylic acids is 3. The minimum absolute atomic E-state index is 0.102. The average Bonchev–Trinajstić information content (AvgIpc) is 2.95. The quantitative estimate of drug-likeness (QED) is 0.239. The Morgan fingerprint density at radius 2 is 1.56 bits per heavy atom. The number of nitrogens with one attached hydrogen (secondary N) is 2. The molecule has 7 heteroatoms. The van der Waals surface area contributed by atoms with Crippen LogP contribution >= 0.6 is 0 Å². The molecule has 0 aromatic heterocycles. The molecule has 1 saturated carbocycles. The van der Waals surface area contributed by atoms with Crippen LogP contribution in [0.2, 0.25) is 0 Å². The SMILES string of the molecule is CCCCCCN(C(=O)C(Cc1ccccc1)NC(=O)OC(C)(C)C)C(C(=O)NC1CCCCC1)c1c(C)cccc1C. The summed E-state index contributed by atoms with van der Waals surface area (Å²) >= 11 is 0. The summed E-state index contributed by atoms with van der Waals surface area (Å²) in [6.45, 7) is 12.0. The Morgan fingerprint density at radius 1 is 0.907 bits per heavy atom. The molecule has 0 radical (unpaired) electrons. The molecule has 2 atom stereocenters. The maximum atomic E-state index is 14.7. The highest BCUT2D eigenvalue weighted by molar-refractivity contribution is 5.93. The third-order valence-corrected chi connectivity index (χ3v) is 8.13. The van der Waals surface area contributed by atoms with Crippen molar-refractivity contribution in [2.24, 2.45) is 0 Å². The number of amides is 3. The first-order valence-corrected chi connectivity index (χ1v) is 16.2. The molecule has 2 N–H and O–H groups in total. The van der Waals surface area contributed by atoms with E-state index < -0.39 is 23.8 Å². The number of hydrogen-bond acceptors (Lipinski definition) is 4. The highest BCUT2D eigenvalue weighted by Gasteiger charge is 2.38. The summed E-state index contributed by atoms with van der Waals surface area (Å²) in [6.07, 6.45) is 8.74. The standard InChI is InChI=1S/C36H53N3O4/c1-7-8-9-16-24-39(34(41)30(25-28-20-12-10-13-21-28)38-35(42)43-36(4,5)6)32(31-26(2)18-17-19-27(31)3)33(40)37-29-22-14-11-15-23-29/h10,12-13,17-21,29-30,32H,7-9,11,14-16,22-25H2,1-6H3,(H,37,40)(H,38,42). The summed E-state index contributed by atoms with van der Waals surface area (Å²) in [7, 11) is 0. The van der Waals surface area contributed by atoms with Crippen LogP contribution in [0.15, 0.2) is 48.5 Å². The van der Waals surface area contributed by atoms with Crippen LogP contribution in [-0.2, 0) is 20.7 Å². The minimum Gasteiger partial charge on any atom is -0.444 e. The van der Waals surface area contributed by atoms with Crippen molar-refractivity contribution in [1.29, 1.82) is 0 Å². The summed E-state index contributed by atoms with van der Waals surface area (Å²) in [5.41, 5.74) is 2.99. The molecule has 0 saturated heterocycles. The molecule has 0 bridgehead atoms. The van der Waals surface area contributed by atoms with Crippen LogP contribution in [0.25, 0.3) is 0 Å². The first-order chi connectivity index (χ1) is 20.5. The van der Waals surface area contributed by atoms with Gasteiger partial charge in [-0.05, 0) is 76.1 Å². The van der Waals surface area contributed by atoms with E-state index in [1.807, 2.05) is 62.4 Å². The van der Waals surface area contributed by atoms with Crippen LogP contribution in [-0.4, -0.2) is 47.0 Å². The van der Waals surface area contributed by atoms with E-state index in [4.69, 9.17) is 4.74 Å². The van der Waals surface area contributed by atoms with Crippen molar-refractivity contribution in [3.05, 3.63) is 70.8 Å². The van der Waals surface area contributed by atoms with E-state index in [9.17, 15) is 14.4 Å². The van der Waals surface area contributed by atoms with Crippen molar-refractivity contribution >= 4 is 17.9 Å². The van der Waals surface area contributed by atoms with Gasteiger partial charge in [-0.3, -0.25) is 9.59 Å². The van der Waals surface area contributed by atoms with Gasteiger partial charge in [0.2, 0.25) is 11.8 Å². The van der Waals surface area contributed by atoms with Crippen molar-refractivity contribution in [2.75, 3.05) is 6.54 Å². The van der Waals surface area contributed by atoms with E-state index in [1.54, 1.807) is 25.7 Å². The number of aryl methyl sites for hydroxylation is 2. The van der Waals surface area contributed by atoms with Crippen molar-refractivity contribution in [3.8, 4) is 0 Å². The van der Waals surface area contributed by atoms with E-state index in [0.717, 1.165) is 73.6 Å². The van der Waals surface area contributed by atoms with Gasteiger partial charge in [-0.15, -0.1) is 0 Å². The van der Waals surface area contributed by atoms with Crippen LogP contribution in [0, 0.1) is 13.8 Å². The molecule has 1 aliphatic carbocycles. The second kappa shape index (κ2) is 16.5. The third-order valence-electron chi connectivity index (χ3n) is 8.13. The molecule has 43 heavy (non-hydrogen) atoms.